The molecule has 0 bridgehead atoms. The third-order valence-corrected chi connectivity index (χ3v) is 4.92. The molecule has 1 N–H and O–H groups in total. The summed E-state index contributed by atoms with van der Waals surface area (Å²) in [5, 5.41) is 0. The number of rotatable bonds is 5. The minimum Gasteiger partial charge on any atom is -0.457 e. The largest absolute Gasteiger partial charge is 0.457 e. The maximum Gasteiger partial charge on any atom is 0.338 e. The first-order valence-electron chi connectivity index (χ1n) is 7.10. The molecular weight excluding hydrogens is 314 g/mol. The van der Waals surface area contributed by atoms with Crippen LogP contribution in [0.2, 0.25) is 0 Å². The zero-order valence-corrected chi connectivity index (χ0v) is 14.1. The second kappa shape index (κ2) is 6.93. The van der Waals surface area contributed by atoms with Gasteiger partial charge in [-0.05, 0) is 50.2 Å². The summed E-state index contributed by atoms with van der Waals surface area (Å²) in [5.74, 6) is -0.556. The van der Waals surface area contributed by atoms with Gasteiger partial charge in [-0.1, -0.05) is 29.8 Å². The summed E-state index contributed by atoms with van der Waals surface area (Å²) < 4.78 is 31.1. The number of sulfonamides is 1. The van der Waals surface area contributed by atoms with Gasteiger partial charge in [0.1, 0.15) is 6.61 Å². The third kappa shape index (κ3) is 4.18. The van der Waals surface area contributed by atoms with Crippen LogP contribution in [0.1, 0.15) is 27.0 Å². The van der Waals surface area contributed by atoms with Gasteiger partial charge in [0.05, 0.1) is 10.5 Å². The third-order valence-electron chi connectivity index (χ3n) is 3.51. The van der Waals surface area contributed by atoms with Crippen molar-refractivity contribution < 1.29 is 17.9 Å². The highest BCUT2D eigenvalue weighted by atomic mass is 32.2. The highest BCUT2D eigenvalue weighted by Gasteiger charge is 2.15. The molecule has 0 aliphatic heterocycles. The van der Waals surface area contributed by atoms with Crippen LogP contribution in [0.5, 0.6) is 0 Å². The van der Waals surface area contributed by atoms with E-state index in [1.165, 1.54) is 31.3 Å². The van der Waals surface area contributed by atoms with Gasteiger partial charge in [0.15, 0.2) is 0 Å². The predicted molar refractivity (Wildman–Crippen MR) is 87.7 cm³/mol. The molecule has 0 heterocycles. The van der Waals surface area contributed by atoms with Gasteiger partial charge in [0, 0.05) is 0 Å². The predicted octanol–water partition coefficient (Wildman–Crippen LogP) is 2.57. The van der Waals surface area contributed by atoms with E-state index in [2.05, 4.69) is 4.72 Å². The number of carbonyl (C=O) groups excluding carboxylic acids is 1. The van der Waals surface area contributed by atoms with Gasteiger partial charge in [-0.15, -0.1) is 0 Å². The Hall–Kier alpha value is -2.18. The van der Waals surface area contributed by atoms with Gasteiger partial charge < -0.3 is 4.74 Å². The minimum absolute atomic E-state index is 0.0289. The molecule has 0 aliphatic rings. The monoisotopic (exact) mass is 333 g/mol. The number of hydrogen-bond acceptors (Lipinski definition) is 4. The van der Waals surface area contributed by atoms with Crippen molar-refractivity contribution in [1.82, 2.24) is 4.72 Å². The Balaban J connectivity index is 2.15. The molecule has 2 aromatic carbocycles. The van der Waals surface area contributed by atoms with E-state index < -0.39 is 16.0 Å². The standard InChI is InChI=1S/C17H19NO4S/c1-12-7-8-13(2)15(9-12)11-22-17(19)14-5-4-6-16(10-14)23(20,21)18-3/h4-10,18H,11H2,1-3H3. The van der Waals surface area contributed by atoms with Gasteiger partial charge in [0.25, 0.3) is 0 Å². The van der Waals surface area contributed by atoms with Gasteiger partial charge in [-0.3, -0.25) is 0 Å². The molecule has 0 saturated carbocycles. The second-order valence-corrected chi connectivity index (χ2v) is 7.13. The van der Waals surface area contributed by atoms with E-state index in [1.807, 2.05) is 32.0 Å². The lowest BCUT2D eigenvalue weighted by atomic mass is 10.1. The Labute approximate surface area is 136 Å². The molecule has 0 spiro atoms. The van der Waals surface area contributed by atoms with Crippen LogP contribution < -0.4 is 4.72 Å². The average molecular weight is 333 g/mol. The van der Waals surface area contributed by atoms with Crippen molar-refractivity contribution in [3.05, 3.63) is 64.7 Å². The van der Waals surface area contributed by atoms with Gasteiger partial charge in [-0.25, -0.2) is 17.9 Å². The summed E-state index contributed by atoms with van der Waals surface area (Å²) in [6.45, 7) is 4.06. The fourth-order valence-electron chi connectivity index (χ4n) is 2.09. The normalized spacial score (nSPS) is 11.3. The topological polar surface area (TPSA) is 72.5 Å². The lowest BCUT2D eigenvalue weighted by Gasteiger charge is -2.09. The van der Waals surface area contributed by atoms with Crippen molar-refractivity contribution >= 4 is 16.0 Å². The maximum absolute atomic E-state index is 12.1. The smallest absolute Gasteiger partial charge is 0.338 e. The number of carbonyl (C=O) groups is 1. The van der Waals surface area contributed by atoms with E-state index in [4.69, 9.17) is 4.74 Å². The van der Waals surface area contributed by atoms with Crippen LogP contribution in [0, 0.1) is 13.8 Å². The molecule has 23 heavy (non-hydrogen) atoms. The number of esters is 1. The molecule has 0 unspecified atom stereocenters. The fourth-order valence-corrected chi connectivity index (χ4v) is 2.87. The van der Waals surface area contributed by atoms with E-state index in [9.17, 15) is 13.2 Å². The van der Waals surface area contributed by atoms with Crippen molar-refractivity contribution in [2.45, 2.75) is 25.3 Å². The molecule has 0 fully saturated rings. The summed E-state index contributed by atoms with van der Waals surface area (Å²) in [5.41, 5.74) is 3.25. The van der Waals surface area contributed by atoms with E-state index in [1.54, 1.807) is 0 Å². The molecule has 0 aromatic heterocycles. The van der Waals surface area contributed by atoms with Crippen molar-refractivity contribution in [2.24, 2.45) is 0 Å². The second-order valence-electron chi connectivity index (χ2n) is 5.24. The Kier molecular flexibility index (Phi) is 5.18. The number of benzene rings is 2. The van der Waals surface area contributed by atoms with Crippen LogP contribution in [0.4, 0.5) is 0 Å². The molecule has 2 aromatic rings. The van der Waals surface area contributed by atoms with Gasteiger partial charge in [0.2, 0.25) is 10.0 Å². The number of aryl methyl sites for hydroxylation is 2. The maximum atomic E-state index is 12.1. The molecule has 0 aliphatic carbocycles. The Bertz CT molecular complexity index is 828. The number of hydrogen-bond donors (Lipinski definition) is 1. The lowest BCUT2D eigenvalue weighted by Crippen LogP contribution is -2.19. The minimum atomic E-state index is -3.59. The van der Waals surface area contributed by atoms with Crippen LogP contribution in [0.25, 0.3) is 0 Å². The summed E-state index contributed by atoms with van der Waals surface area (Å²) in [6.07, 6.45) is 0. The molecule has 0 atom stereocenters. The first-order chi connectivity index (χ1) is 10.8. The number of ether oxygens (including phenoxy) is 1. The summed E-state index contributed by atoms with van der Waals surface area (Å²) in [7, 11) is -2.27. The van der Waals surface area contributed by atoms with E-state index >= 15 is 0 Å². The zero-order chi connectivity index (χ0) is 17.0. The van der Waals surface area contributed by atoms with Crippen molar-refractivity contribution in [1.29, 1.82) is 0 Å². The van der Waals surface area contributed by atoms with Crippen LogP contribution >= 0.6 is 0 Å². The van der Waals surface area contributed by atoms with Crippen LogP contribution in [0.3, 0.4) is 0 Å². The Morgan fingerprint density at radius 1 is 1.13 bits per heavy atom. The van der Waals surface area contributed by atoms with Gasteiger partial charge >= 0.3 is 5.97 Å². The highest BCUT2D eigenvalue weighted by molar-refractivity contribution is 7.89. The zero-order valence-electron chi connectivity index (χ0n) is 13.3. The average Bonchev–Trinajstić information content (AvgIpc) is 2.55. The first kappa shape index (κ1) is 17.2. The van der Waals surface area contributed by atoms with Crippen molar-refractivity contribution in [3.8, 4) is 0 Å². The first-order valence-corrected chi connectivity index (χ1v) is 8.58. The van der Waals surface area contributed by atoms with Crippen LogP contribution in [0.15, 0.2) is 47.4 Å². The summed E-state index contributed by atoms with van der Waals surface area (Å²) in [4.78, 5) is 12.2. The molecule has 6 heteroatoms. The summed E-state index contributed by atoms with van der Waals surface area (Å²) >= 11 is 0. The van der Waals surface area contributed by atoms with Crippen molar-refractivity contribution in [2.75, 3.05) is 7.05 Å². The summed E-state index contributed by atoms with van der Waals surface area (Å²) in [6, 6.07) is 11.7. The Morgan fingerprint density at radius 3 is 2.57 bits per heavy atom. The molecular formula is C17H19NO4S. The molecule has 122 valence electrons. The van der Waals surface area contributed by atoms with Crippen LogP contribution in [-0.2, 0) is 21.4 Å². The molecule has 0 amide bonds. The van der Waals surface area contributed by atoms with Crippen LogP contribution in [-0.4, -0.2) is 21.4 Å². The van der Waals surface area contributed by atoms with Gasteiger partial charge in [-0.2, -0.15) is 0 Å². The van der Waals surface area contributed by atoms with E-state index in [0.717, 1.165) is 16.7 Å². The SMILES string of the molecule is CNS(=O)(=O)c1cccc(C(=O)OCc2cc(C)ccc2C)c1. The van der Waals surface area contributed by atoms with Crippen molar-refractivity contribution in [3.63, 3.8) is 0 Å². The van der Waals surface area contributed by atoms with E-state index in [0.29, 0.717) is 0 Å². The molecule has 0 saturated heterocycles. The molecule has 0 radical (unpaired) electrons. The lowest BCUT2D eigenvalue weighted by molar-refractivity contribution is 0.0471. The Morgan fingerprint density at radius 2 is 1.87 bits per heavy atom. The quantitative estimate of drug-likeness (QED) is 0.854. The number of nitrogens with one attached hydrogen (secondary N) is 1. The fraction of sp³-hybridized carbons (Fsp3) is 0.235. The molecule has 2 rings (SSSR count). The van der Waals surface area contributed by atoms with E-state index in [-0.39, 0.29) is 17.1 Å². The molecule has 5 nitrogen and oxygen atoms in total. The highest BCUT2D eigenvalue weighted by Crippen LogP contribution is 2.15.